The van der Waals surface area contributed by atoms with Crippen LogP contribution in [-0.4, -0.2) is 34.6 Å². The molecule has 1 unspecified atom stereocenters. The van der Waals surface area contributed by atoms with E-state index in [2.05, 4.69) is 0 Å². The van der Waals surface area contributed by atoms with Crippen LogP contribution in [0.4, 0.5) is 11.4 Å². The Morgan fingerprint density at radius 2 is 2.24 bits per heavy atom. The topological polar surface area (TPSA) is 92.6 Å². The second-order valence-electron chi connectivity index (χ2n) is 4.05. The number of rotatable bonds is 5. The number of aliphatic hydroxyl groups is 1. The molecule has 0 saturated carbocycles. The van der Waals surface area contributed by atoms with Gasteiger partial charge in [0.25, 0.3) is 5.69 Å². The molecule has 6 nitrogen and oxygen atoms in total. The molecule has 1 aromatic rings. The lowest BCUT2D eigenvalue weighted by Crippen LogP contribution is -2.31. The number of anilines is 1. The zero-order valence-electron chi connectivity index (χ0n) is 9.96. The maximum Gasteiger partial charge on any atom is 0.292 e. The van der Waals surface area contributed by atoms with Gasteiger partial charge in [-0.05, 0) is 19.5 Å². The number of hydrogen-bond acceptors (Lipinski definition) is 5. The van der Waals surface area contributed by atoms with Crippen molar-refractivity contribution in [3.05, 3.63) is 33.9 Å². The standard InChI is InChI=1S/C11H17N3O3/c1-8(7-15)13(2)6-9-4-3-5-10(11(9)12)14(16)17/h3-5,8,15H,6-7,12H2,1-2H3. The molecule has 0 aliphatic heterocycles. The minimum absolute atomic E-state index is 0.0198. The largest absolute Gasteiger partial charge is 0.395 e. The SMILES string of the molecule is CC(CO)N(C)Cc1cccc([N+](=O)[O-])c1N. The summed E-state index contributed by atoms with van der Waals surface area (Å²) in [4.78, 5) is 12.1. The smallest absolute Gasteiger partial charge is 0.292 e. The van der Waals surface area contributed by atoms with Crippen LogP contribution < -0.4 is 5.73 Å². The Morgan fingerprint density at radius 1 is 1.59 bits per heavy atom. The molecule has 0 spiro atoms. The monoisotopic (exact) mass is 239 g/mol. The number of nitrogens with zero attached hydrogens (tertiary/aromatic N) is 2. The molecule has 94 valence electrons. The van der Waals surface area contributed by atoms with E-state index in [-0.39, 0.29) is 24.0 Å². The molecule has 0 aliphatic carbocycles. The number of likely N-dealkylation sites (N-methyl/N-ethyl adjacent to an activating group) is 1. The van der Waals surface area contributed by atoms with Crippen molar-refractivity contribution in [1.82, 2.24) is 4.90 Å². The van der Waals surface area contributed by atoms with Crippen LogP contribution in [0.3, 0.4) is 0 Å². The van der Waals surface area contributed by atoms with E-state index in [9.17, 15) is 10.1 Å². The van der Waals surface area contributed by atoms with E-state index in [1.54, 1.807) is 12.1 Å². The quantitative estimate of drug-likeness (QED) is 0.454. The van der Waals surface area contributed by atoms with Gasteiger partial charge in [0.15, 0.2) is 0 Å². The lowest BCUT2D eigenvalue weighted by Gasteiger charge is -2.23. The van der Waals surface area contributed by atoms with E-state index in [0.717, 1.165) is 0 Å². The zero-order chi connectivity index (χ0) is 13.0. The summed E-state index contributed by atoms with van der Waals surface area (Å²) in [6.07, 6.45) is 0. The average Bonchev–Trinajstić information content (AvgIpc) is 2.30. The van der Waals surface area contributed by atoms with Crippen molar-refractivity contribution in [1.29, 1.82) is 0 Å². The van der Waals surface area contributed by atoms with Gasteiger partial charge in [-0.15, -0.1) is 0 Å². The Balaban J connectivity index is 2.92. The van der Waals surface area contributed by atoms with Crippen molar-refractivity contribution < 1.29 is 10.0 Å². The van der Waals surface area contributed by atoms with Crippen LogP contribution in [0.25, 0.3) is 0 Å². The third-order valence-electron chi connectivity index (χ3n) is 2.81. The van der Waals surface area contributed by atoms with Crippen LogP contribution in [0.1, 0.15) is 12.5 Å². The highest BCUT2D eigenvalue weighted by Gasteiger charge is 2.16. The minimum Gasteiger partial charge on any atom is -0.395 e. The molecule has 1 atom stereocenters. The van der Waals surface area contributed by atoms with Crippen molar-refractivity contribution in [3.8, 4) is 0 Å². The van der Waals surface area contributed by atoms with E-state index in [1.165, 1.54) is 6.07 Å². The number of nitro groups is 1. The maximum atomic E-state index is 10.7. The van der Waals surface area contributed by atoms with Gasteiger partial charge in [-0.25, -0.2) is 0 Å². The third-order valence-corrected chi connectivity index (χ3v) is 2.81. The summed E-state index contributed by atoms with van der Waals surface area (Å²) >= 11 is 0. The number of nitrogen functional groups attached to an aromatic ring is 1. The molecule has 3 N–H and O–H groups in total. The predicted molar refractivity (Wildman–Crippen MR) is 65.5 cm³/mol. The third kappa shape index (κ3) is 3.15. The molecule has 6 heteroatoms. The van der Waals surface area contributed by atoms with E-state index in [1.807, 2.05) is 18.9 Å². The second-order valence-corrected chi connectivity index (χ2v) is 4.05. The Labute approximate surface area is 99.8 Å². The molecule has 0 aromatic heterocycles. The van der Waals surface area contributed by atoms with Gasteiger partial charge in [0.05, 0.1) is 11.5 Å². The molecule has 0 aliphatic rings. The van der Waals surface area contributed by atoms with E-state index >= 15 is 0 Å². The van der Waals surface area contributed by atoms with Crippen LogP contribution in [-0.2, 0) is 6.54 Å². The summed E-state index contributed by atoms with van der Waals surface area (Å²) in [5.41, 5.74) is 6.55. The molecule has 1 aromatic carbocycles. The summed E-state index contributed by atoms with van der Waals surface area (Å²) < 4.78 is 0. The van der Waals surface area contributed by atoms with Gasteiger partial charge in [-0.2, -0.15) is 0 Å². The summed E-state index contributed by atoms with van der Waals surface area (Å²) in [5.74, 6) is 0. The normalized spacial score (nSPS) is 12.7. The van der Waals surface area contributed by atoms with Gasteiger partial charge >= 0.3 is 0 Å². The van der Waals surface area contributed by atoms with Gasteiger partial charge in [0.2, 0.25) is 0 Å². The Bertz CT molecular complexity index is 409. The molecule has 1 rings (SSSR count). The van der Waals surface area contributed by atoms with Crippen LogP contribution >= 0.6 is 0 Å². The van der Waals surface area contributed by atoms with E-state index in [4.69, 9.17) is 10.8 Å². The van der Waals surface area contributed by atoms with Gasteiger partial charge in [0.1, 0.15) is 5.69 Å². The van der Waals surface area contributed by atoms with Crippen LogP contribution in [0.2, 0.25) is 0 Å². The van der Waals surface area contributed by atoms with Crippen molar-refractivity contribution in [3.63, 3.8) is 0 Å². The molecule has 0 amide bonds. The van der Waals surface area contributed by atoms with Crippen LogP contribution in [0, 0.1) is 10.1 Å². The Morgan fingerprint density at radius 3 is 2.76 bits per heavy atom. The molecule has 0 radical (unpaired) electrons. The summed E-state index contributed by atoms with van der Waals surface area (Å²) in [7, 11) is 1.83. The fraction of sp³-hybridized carbons (Fsp3) is 0.455. The van der Waals surface area contributed by atoms with Crippen LogP contribution in [0.15, 0.2) is 18.2 Å². The lowest BCUT2D eigenvalue weighted by molar-refractivity contribution is -0.384. The second kappa shape index (κ2) is 5.60. The molecule has 0 fully saturated rings. The number of benzene rings is 1. The molecular formula is C11H17N3O3. The first-order chi connectivity index (χ1) is 7.97. The fourth-order valence-corrected chi connectivity index (χ4v) is 1.46. The lowest BCUT2D eigenvalue weighted by atomic mass is 10.1. The first-order valence-corrected chi connectivity index (χ1v) is 5.30. The first-order valence-electron chi connectivity index (χ1n) is 5.30. The molecule has 0 saturated heterocycles. The maximum absolute atomic E-state index is 10.7. The highest BCUT2D eigenvalue weighted by Crippen LogP contribution is 2.25. The van der Waals surface area contributed by atoms with Gasteiger partial charge in [-0.1, -0.05) is 12.1 Å². The van der Waals surface area contributed by atoms with Crippen molar-refractivity contribution in [2.24, 2.45) is 0 Å². The van der Waals surface area contributed by atoms with E-state index in [0.29, 0.717) is 12.1 Å². The van der Waals surface area contributed by atoms with Crippen molar-refractivity contribution in [2.45, 2.75) is 19.5 Å². The molecular weight excluding hydrogens is 222 g/mol. The number of nitro benzene ring substituents is 1. The Kier molecular flexibility index (Phi) is 4.42. The number of nitrogens with two attached hydrogens (primary N) is 1. The van der Waals surface area contributed by atoms with Crippen molar-refractivity contribution >= 4 is 11.4 Å². The molecule has 0 bridgehead atoms. The van der Waals surface area contributed by atoms with Gasteiger partial charge < -0.3 is 10.8 Å². The fourth-order valence-electron chi connectivity index (χ4n) is 1.46. The predicted octanol–water partition coefficient (Wildman–Crippen LogP) is 0.990. The highest BCUT2D eigenvalue weighted by molar-refractivity contribution is 5.62. The molecule has 0 heterocycles. The van der Waals surface area contributed by atoms with Gasteiger partial charge in [0, 0.05) is 18.7 Å². The zero-order valence-corrected chi connectivity index (χ0v) is 9.96. The van der Waals surface area contributed by atoms with Crippen molar-refractivity contribution in [2.75, 3.05) is 19.4 Å². The number of para-hydroxylation sites is 1. The summed E-state index contributed by atoms with van der Waals surface area (Å²) in [6, 6.07) is 4.73. The Hall–Kier alpha value is -1.66. The number of hydrogen-bond donors (Lipinski definition) is 2. The molecule has 17 heavy (non-hydrogen) atoms. The summed E-state index contributed by atoms with van der Waals surface area (Å²) in [6.45, 7) is 2.37. The highest BCUT2D eigenvalue weighted by atomic mass is 16.6. The number of aliphatic hydroxyl groups excluding tert-OH is 1. The minimum atomic E-state index is -0.492. The summed E-state index contributed by atoms with van der Waals surface area (Å²) in [5, 5.41) is 19.7. The average molecular weight is 239 g/mol. The van der Waals surface area contributed by atoms with Gasteiger partial charge in [-0.3, -0.25) is 15.0 Å². The van der Waals surface area contributed by atoms with Crippen LogP contribution in [0.5, 0.6) is 0 Å². The first kappa shape index (κ1) is 13.4. The van der Waals surface area contributed by atoms with E-state index < -0.39 is 4.92 Å².